The molecule has 2 rings (SSSR count). The fraction of sp³-hybridized carbons (Fsp3) is 0.111. The van der Waals surface area contributed by atoms with Crippen molar-refractivity contribution in [3.05, 3.63) is 32.6 Å². The molecule has 0 amide bonds. The van der Waals surface area contributed by atoms with Gasteiger partial charge in [0.1, 0.15) is 0 Å². The van der Waals surface area contributed by atoms with Crippen molar-refractivity contribution >= 4 is 49.0 Å². The van der Waals surface area contributed by atoms with Crippen molar-refractivity contribution in [2.45, 2.75) is 6.92 Å². The number of halogens is 2. The minimum Gasteiger partial charge on any atom is -0.143 e. The summed E-state index contributed by atoms with van der Waals surface area (Å²) in [6, 6.07) is 4.14. The summed E-state index contributed by atoms with van der Waals surface area (Å²) < 4.78 is 2.33. The zero-order chi connectivity index (χ0) is 8.72. The van der Waals surface area contributed by atoms with Gasteiger partial charge in [-0.3, -0.25) is 0 Å². The third kappa shape index (κ3) is 1.28. The maximum absolute atomic E-state index is 6.09. The van der Waals surface area contributed by atoms with Crippen LogP contribution in [0.3, 0.4) is 0 Å². The van der Waals surface area contributed by atoms with Gasteiger partial charge in [-0.25, -0.2) is 0 Å². The molecule has 0 fully saturated rings. The molecule has 0 aliphatic carbocycles. The Hall–Kier alpha value is -0.0500. The van der Waals surface area contributed by atoms with E-state index in [4.69, 9.17) is 11.6 Å². The van der Waals surface area contributed by atoms with Crippen molar-refractivity contribution in [3.8, 4) is 0 Å². The lowest BCUT2D eigenvalue weighted by Crippen LogP contribution is -1.72. The second-order valence-electron chi connectivity index (χ2n) is 2.70. The van der Waals surface area contributed by atoms with E-state index >= 15 is 0 Å². The van der Waals surface area contributed by atoms with E-state index in [1.807, 2.05) is 6.07 Å². The average Bonchev–Trinajstić information content (AvgIpc) is 2.31. The van der Waals surface area contributed by atoms with Crippen LogP contribution in [0.4, 0.5) is 0 Å². The number of rotatable bonds is 0. The lowest BCUT2D eigenvalue weighted by atomic mass is 10.2. The lowest BCUT2D eigenvalue weighted by Gasteiger charge is -1.97. The summed E-state index contributed by atoms with van der Waals surface area (Å²) in [5, 5.41) is 4.03. The Morgan fingerprint density at radius 3 is 2.92 bits per heavy atom. The molecule has 0 spiro atoms. The van der Waals surface area contributed by atoms with Gasteiger partial charge < -0.3 is 0 Å². The number of hydrogen-bond donors (Lipinski definition) is 0. The van der Waals surface area contributed by atoms with Crippen molar-refractivity contribution < 1.29 is 0 Å². The van der Waals surface area contributed by atoms with Crippen molar-refractivity contribution in [2.75, 3.05) is 0 Å². The van der Waals surface area contributed by atoms with Crippen molar-refractivity contribution in [1.82, 2.24) is 0 Å². The second kappa shape index (κ2) is 3.02. The van der Waals surface area contributed by atoms with E-state index < -0.39 is 0 Å². The lowest BCUT2D eigenvalue weighted by molar-refractivity contribution is 1.52. The zero-order valence-corrected chi connectivity index (χ0v) is 9.55. The van der Waals surface area contributed by atoms with Crippen LogP contribution in [-0.4, -0.2) is 0 Å². The van der Waals surface area contributed by atoms with Gasteiger partial charge >= 0.3 is 0 Å². The van der Waals surface area contributed by atoms with E-state index in [-0.39, 0.29) is 0 Å². The molecule has 0 unspecified atom stereocenters. The molecule has 0 radical (unpaired) electrons. The largest absolute Gasteiger partial charge is 0.143 e. The van der Waals surface area contributed by atoms with Crippen molar-refractivity contribution in [1.29, 1.82) is 0 Å². The molecule has 0 nitrogen and oxygen atoms in total. The highest BCUT2D eigenvalue weighted by atomic mass is 79.9. The van der Waals surface area contributed by atoms with Crippen LogP contribution in [0.25, 0.3) is 10.1 Å². The Labute approximate surface area is 88.3 Å². The monoisotopic (exact) mass is 260 g/mol. The minimum absolute atomic E-state index is 0.832. The van der Waals surface area contributed by atoms with Gasteiger partial charge in [0.25, 0.3) is 0 Å². The van der Waals surface area contributed by atoms with Crippen LogP contribution >= 0.6 is 38.9 Å². The van der Waals surface area contributed by atoms with E-state index in [1.54, 1.807) is 11.3 Å². The number of hydrogen-bond acceptors (Lipinski definition) is 1. The fourth-order valence-electron chi connectivity index (χ4n) is 1.21. The first-order valence-corrected chi connectivity index (χ1v) is 5.56. The topological polar surface area (TPSA) is 0 Å². The number of benzene rings is 1. The van der Waals surface area contributed by atoms with Crippen LogP contribution in [-0.2, 0) is 0 Å². The first-order chi connectivity index (χ1) is 5.68. The maximum Gasteiger partial charge on any atom is 0.0506 e. The van der Waals surface area contributed by atoms with E-state index in [9.17, 15) is 0 Å². The van der Waals surface area contributed by atoms with Gasteiger partial charge in [0, 0.05) is 19.9 Å². The van der Waals surface area contributed by atoms with E-state index in [1.165, 1.54) is 10.3 Å². The SMILES string of the molecule is Cc1cc(Cl)c2c(Br)csc2c1. The first-order valence-electron chi connectivity index (χ1n) is 3.51. The summed E-state index contributed by atoms with van der Waals surface area (Å²) in [6.45, 7) is 2.05. The smallest absolute Gasteiger partial charge is 0.0506 e. The Balaban J connectivity index is 2.93. The summed E-state index contributed by atoms with van der Waals surface area (Å²) in [7, 11) is 0. The molecule has 0 bridgehead atoms. The number of aryl methyl sites for hydroxylation is 1. The predicted molar refractivity (Wildman–Crippen MR) is 59.3 cm³/mol. The van der Waals surface area contributed by atoms with E-state index in [2.05, 4.69) is 34.3 Å². The highest BCUT2D eigenvalue weighted by Gasteiger charge is 2.05. The van der Waals surface area contributed by atoms with E-state index in [0.29, 0.717) is 0 Å². The van der Waals surface area contributed by atoms with Gasteiger partial charge in [0.05, 0.1) is 5.02 Å². The van der Waals surface area contributed by atoms with E-state index in [0.717, 1.165) is 14.9 Å². The minimum atomic E-state index is 0.832. The predicted octanol–water partition coefficient (Wildman–Crippen LogP) is 4.63. The Bertz CT molecular complexity index is 433. The Kier molecular flexibility index (Phi) is 2.15. The molecule has 0 saturated heterocycles. The highest BCUT2D eigenvalue weighted by Crippen LogP contribution is 2.36. The second-order valence-corrected chi connectivity index (χ2v) is 4.88. The quantitative estimate of drug-likeness (QED) is 0.649. The molecule has 0 saturated carbocycles. The first kappa shape index (κ1) is 8.54. The molecule has 1 aromatic carbocycles. The van der Waals surface area contributed by atoms with Crippen molar-refractivity contribution in [3.63, 3.8) is 0 Å². The Morgan fingerprint density at radius 2 is 2.17 bits per heavy atom. The summed E-state index contributed by atoms with van der Waals surface area (Å²) in [6.07, 6.45) is 0. The number of thiophene rings is 1. The maximum atomic E-state index is 6.09. The molecular weight excluding hydrogens is 256 g/mol. The van der Waals surface area contributed by atoms with Gasteiger partial charge in [0.15, 0.2) is 0 Å². The molecule has 0 aliphatic rings. The summed E-state index contributed by atoms with van der Waals surface area (Å²) in [5.74, 6) is 0. The molecule has 62 valence electrons. The van der Waals surface area contributed by atoms with Crippen molar-refractivity contribution in [2.24, 2.45) is 0 Å². The highest BCUT2D eigenvalue weighted by molar-refractivity contribution is 9.10. The zero-order valence-electron chi connectivity index (χ0n) is 6.40. The van der Waals surface area contributed by atoms with Gasteiger partial charge in [-0.15, -0.1) is 11.3 Å². The Morgan fingerprint density at radius 1 is 1.42 bits per heavy atom. The molecule has 0 atom stereocenters. The third-order valence-corrected chi connectivity index (χ3v) is 3.88. The normalized spacial score (nSPS) is 10.9. The van der Waals surface area contributed by atoms with Crippen LogP contribution < -0.4 is 0 Å². The molecule has 0 aliphatic heterocycles. The molecule has 1 heterocycles. The summed E-state index contributed by atoms with van der Waals surface area (Å²) in [5.41, 5.74) is 1.21. The molecule has 3 heteroatoms. The average molecular weight is 262 g/mol. The molecule has 0 N–H and O–H groups in total. The summed E-state index contributed by atoms with van der Waals surface area (Å²) in [4.78, 5) is 0. The molecular formula is C9H6BrClS. The fourth-order valence-corrected chi connectivity index (χ4v) is 3.53. The standard InChI is InChI=1S/C9H6BrClS/c1-5-2-7(11)9-6(10)4-12-8(9)3-5/h2-4H,1H3. The molecule has 2 aromatic rings. The summed E-state index contributed by atoms with van der Waals surface area (Å²) >= 11 is 11.3. The van der Waals surface area contributed by atoms with Gasteiger partial charge in [0.2, 0.25) is 0 Å². The van der Waals surface area contributed by atoms with Crippen LogP contribution in [0.5, 0.6) is 0 Å². The van der Waals surface area contributed by atoms with Gasteiger partial charge in [-0.2, -0.15) is 0 Å². The van der Waals surface area contributed by atoms with Crippen LogP contribution in [0.1, 0.15) is 5.56 Å². The molecule has 1 aromatic heterocycles. The van der Waals surface area contributed by atoms with Gasteiger partial charge in [-0.1, -0.05) is 11.6 Å². The van der Waals surface area contributed by atoms with Crippen LogP contribution in [0, 0.1) is 6.92 Å². The van der Waals surface area contributed by atoms with Crippen LogP contribution in [0.2, 0.25) is 5.02 Å². The van der Waals surface area contributed by atoms with Gasteiger partial charge in [-0.05, 0) is 40.5 Å². The third-order valence-electron chi connectivity index (χ3n) is 1.73. The van der Waals surface area contributed by atoms with Crippen LogP contribution in [0.15, 0.2) is 22.0 Å². The molecule has 12 heavy (non-hydrogen) atoms. The number of fused-ring (bicyclic) bond motifs is 1.